The van der Waals surface area contributed by atoms with E-state index in [9.17, 15) is 22.0 Å². The van der Waals surface area contributed by atoms with E-state index in [0.29, 0.717) is 17.8 Å². The molecule has 0 spiro atoms. The van der Waals surface area contributed by atoms with E-state index in [1.807, 2.05) is 25.1 Å². The first-order chi connectivity index (χ1) is 12.3. The summed E-state index contributed by atoms with van der Waals surface area (Å²) >= 11 is 0. The third-order valence-corrected chi connectivity index (χ3v) is 4.90. The summed E-state index contributed by atoms with van der Waals surface area (Å²) in [6.45, 7) is 3.53. The second kappa shape index (κ2) is 8.86. The van der Waals surface area contributed by atoms with Crippen molar-refractivity contribution in [2.75, 3.05) is 11.9 Å². The summed E-state index contributed by atoms with van der Waals surface area (Å²) in [6.07, 6.45) is 0. The standard InChI is InChI=1S/C18H20F2N2O3S/c1-2-21-11-14-4-3-5-16(10-14)22-17(23)15-8-6-13(7-9-15)12-26(24,25)18(19)20/h3-10,18,21H,2,11-12H2,1H3,(H,22,23). The summed E-state index contributed by atoms with van der Waals surface area (Å²) in [7, 11) is -4.49. The highest BCUT2D eigenvalue weighted by molar-refractivity contribution is 7.90. The molecule has 140 valence electrons. The number of anilines is 1. The number of amides is 1. The Balaban J connectivity index is 2.04. The SMILES string of the molecule is CCNCc1cccc(NC(=O)c2ccc(CS(=O)(=O)C(F)F)cc2)c1. The molecule has 26 heavy (non-hydrogen) atoms. The number of hydrogen-bond acceptors (Lipinski definition) is 4. The molecule has 2 N–H and O–H groups in total. The Bertz CT molecular complexity index is 853. The zero-order valence-corrected chi connectivity index (χ0v) is 15.0. The fraction of sp³-hybridized carbons (Fsp3) is 0.278. The Morgan fingerprint density at radius 1 is 1.08 bits per heavy atom. The van der Waals surface area contributed by atoms with Crippen LogP contribution in [-0.2, 0) is 22.1 Å². The Morgan fingerprint density at radius 3 is 2.38 bits per heavy atom. The Morgan fingerprint density at radius 2 is 1.77 bits per heavy atom. The highest BCUT2D eigenvalue weighted by Gasteiger charge is 2.24. The van der Waals surface area contributed by atoms with Crippen molar-refractivity contribution in [1.82, 2.24) is 5.32 Å². The first-order valence-corrected chi connectivity index (χ1v) is 9.73. The summed E-state index contributed by atoms with van der Waals surface area (Å²) in [6, 6.07) is 12.9. The highest BCUT2D eigenvalue weighted by atomic mass is 32.2. The van der Waals surface area contributed by atoms with Crippen LogP contribution in [0.3, 0.4) is 0 Å². The van der Waals surface area contributed by atoms with Crippen molar-refractivity contribution < 1.29 is 22.0 Å². The van der Waals surface area contributed by atoms with Gasteiger partial charge in [0.15, 0.2) is 0 Å². The van der Waals surface area contributed by atoms with Gasteiger partial charge in [0.25, 0.3) is 5.91 Å². The molecule has 1 amide bonds. The molecule has 2 rings (SSSR count). The maximum Gasteiger partial charge on any atom is 0.337 e. The first kappa shape index (κ1) is 20.0. The molecule has 0 bridgehead atoms. The van der Waals surface area contributed by atoms with Crippen LogP contribution in [0.4, 0.5) is 14.5 Å². The summed E-state index contributed by atoms with van der Waals surface area (Å²) in [5, 5.41) is 5.95. The van der Waals surface area contributed by atoms with E-state index in [4.69, 9.17) is 0 Å². The quantitative estimate of drug-likeness (QED) is 0.735. The molecule has 2 aromatic carbocycles. The second-order valence-electron chi connectivity index (χ2n) is 5.70. The van der Waals surface area contributed by atoms with Gasteiger partial charge in [-0.05, 0) is 41.9 Å². The number of nitrogens with one attached hydrogen (secondary N) is 2. The van der Waals surface area contributed by atoms with Crippen LogP contribution in [0.2, 0.25) is 0 Å². The first-order valence-electron chi connectivity index (χ1n) is 8.01. The molecule has 8 heteroatoms. The molecule has 0 unspecified atom stereocenters. The second-order valence-corrected chi connectivity index (χ2v) is 7.67. The van der Waals surface area contributed by atoms with Crippen LogP contribution in [0.15, 0.2) is 48.5 Å². The van der Waals surface area contributed by atoms with Crippen LogP contribution in [0.25, 0.3) is 0 Å². The Kier molecular flexibility index (Phi) is 6.82. The largest absolute Gasteiger partial charge is 0.337 e. The van der Waals surface area contributed by atoms with Gasteiger partial charge >= 0.3 is 5.76 Å². The van der Waals surface area contributed by atoms with Gasteiger partial charge in [-0.3, -0.25) is 4.79 Å². The van der Waals surface area contributed by atoms with E-state index in [-0.39, 0.29) is 11.5 Å². The Labute approximate surface area is 151 Å². The summed E-state index contributed by atoms with van der Waals surface area (Å²) < 4.78 is 47.3. The monoisotopic (exact) mass is 382 g/mol. The van der Waals surface area contributed by atoms with Crippen LogP contribution < -0.4 is 10.6 Å². The van der Waals surface area contributed by atoms with Crippen molar-refractivity contribution in [3.05, 3.63) is 65.2 Å². The van der Waals surface area contributed by atoms with Gasteiger partial charge in [-0.2, -0.15) is 8.78 Å². The van der Waals surface area contributed by atoms with E-state index in [0.717, 1.165) is 12.1 Å². The molecule has 5 nitrogen and oxygen atoms in total. The molecule has 0 atom stereocenters. The number of halogens is 2. The molecule has 0 fully saturated rings. The number of alkyl halides is 2. The van der Waals surface area contributed by atoms with Crippen LogP contribution in [-0.4, -0.2) is 26.6 Å². The smallest absolute Gasteiger partial charge is 0.322 e. The lowest BCUT2D eigenvalue weighted by atomic mass is 10.1. The van der Waals surface area contributed by atoms with E-state index >= 15 is 0 Å². The van der Waals surface area contributed by atoms with Crippen LogP contribution in [0.5, 0.6) is 0 Å². The molecule has 0 saturated heterocycles. The maximum absolute atomic E-state index is 12.4. The minimum atomic E-state index is -4.49. The fourth-order valence-corrected chi connectivity index (χ4v) is 3.06. The minimum absolute atomic E-state index is 0.203. The van der Waals surface area contributed by atoms with E-state index in [2.05, 4.69) is 10.6 Å². The lowest BCUT2D eigenvalue weighted by Crippen LogP contribution is -2.15. The predicted octanol–water partition coefficient (Wildman–Crippen LogP) is 3.19. The van der Waals surface area contributed by atoms with Crippen LogP contribution in [0.1, 0.15) is 28.4 Å². The third kappa shape index (κ3) is 5.60. The molecular formula is C18H20F2N2O3S. The van der Waals surface area contributed by atoms with Crippen molar-refractivity contribution in [1.29, 1.82) is 0 Å². The lowest BCUT2D eigenvalue weighted by Gasteiger charge is -2.09. The minimum Gasteiger partial charge on any atom is -0.322 e. The molecule has 0 saturated carbocycles. The van der Waals surface area contributed by atoms with Gasteiger partial charge in [0, 0.05) is 17.8 Å². The molecule has 0 heterocycles. The molecular weight excluding hydrogens is 362 g/mol. The van der Waals surface area contributed by atoms with Gasteiger partial charge in [-0.25, -0.2) is 8.42 Å². The number of sulfone groups is 1. The van der Waals surface area contributed by atoms with Crippen molar-refractivity contribution in [3.63, 3.8) is 0 Å². The topological polar surface area (TPSA) is 75.3 Å². The third-order valence-electron chi connectivity index (χ3n) is 3.62. The number of hydrogen-bond donors (Lipinski definition) is 2. The normalized spacial score (nSPS) is 11.5. The molecule has 0 aliphatic carbocycles. The van der Waals surface area contributed by atoms with Crippen LogP contribution >= 0.6 is 0 Å². The summed E-state index contributed by atoms with van der Waals surface area (Å²) in [5.74, 6) is -4.55. The molecule has 0 aliphatic rings. The molecule has 0 radical (unpaired) electrons. The molecule has 0 aliphatic heterocycles. The maximum atomic E-state index is 12.4. The number of rotatable bonds is 8. The average Bonchev–Trinajstić information content (AvgIpc) is 2.60. The van der Waals surface area contributed by atoms with E-state index < -0.39 is 21.3 Å². The lowest BCUT2D eigenvalue weighted by molar-refractivity contribution is 0.102. The van der Waals surface area contributed by atoms with E-state index in [1.54, 1.807) is 6.07 Å². The zero-order valence-electron chi connectivity index (χ0n) is 14.2. The highest BCUT2D eigenvalue weighted by Crippen LogP contribution is 2.16. The van der Waals surface area contributed by atoms with Crippen molar-refractivity contribution in [2.24, 2.45) is 0 Å². The van der Waals surface area contributed by atoms with Gasteiger partial charge in [-0.15, -0.1) is 0 Å². The van der Waals surface area contributed by atoms with Gasteiger partial charge in [-0.1, -0.05) is 31.2 Å². The summed E-state index contributed by atoms with van der Waals surface area (Å²) in [5.41, 5.74) is 2.17. The zero-order chi connectivity index (χ0) is 19.2. The van der Waals surface area contributed by atoms with Gasteiger partial charge < -0.3 is 10.6 Å². The number of benzene rings is 2. The fourth-order valence-electron chi connectivity index (χ4n) is 2.28. The van der Waals surface area contributed by atoms with Gasteiger partial charge in [0.2, 0.25) is 9.84 Å². The van der Waals surface area contributed by atoms with Crippen molar-refractivity contribution >= 4 is 21.4 Å². The number of carbonyl (C=O) groups is 1. The van der Waals surface area contributed by atoms with Crippen LogP contribution in [0, 0.1) is 0 Å². The van der Waals surface area contributed by atoms with Gasteiger partial charge in [0.05, 0.1) is 5.75 Å². The van der Waals surface area contributed by atoms with E-state index in [1.165, 1.54) is 24.3 Å². The predicted molar refractivity (Wildman–Crippen MR) is 96.8 cm³/mol. The average molecular weight is 382 g/mol. The molecule has 2 aromatic rings. The summed E-state index contributed by atoms with van der Waals surface area (Å²) in [4.78, 5) is 12.3. The van der Waals surface area contributed by atoms with Crippen molar-refractivity contribution in [2.45, 2.75) is 25.0 Å². The number of carbonyl (C=O) groups excluding carboxylic acids is 1. The van der Waals surface area contributed by atoms with Gasteiger partial charge in [0.1, 0.15) is 0 Å². The van der Waals surface area contributed by atoms with Crippen molar-refractivity contribution in [3.8, 4) is 0 Å². The molecule has 0 aromatic heterocycles. The Hall–Kier alpha value is -2.32.